The summed E-state index contributed by atoms with van der Waals surface area (Å²) in [5.74, 6) is -0.170. The molecule has 0 spiro atoms. The lowest BCUT2D eigenvalue weighted by Crippen LogP contribution is -2.49. The van der Waals surface area contributed by atoms with Gasteiger partial charge in [0.1, 0.15) is 0 Å². The third-order valence-corrected chi connectivity index (χ3v) is 7.37. The number of carbonyl (C=O) groups is 2. The van der Waals surface area contributed by atoms with Crippen LogP contribution in [0.1, 0.15) is 23.6 Å². The molecular weight excluding hydrogens is 488 g/mol. The highest BCUT2D eigenvalue weighted by molar-refractivity contribution is 6.37. The minimum atomic E-state index is -0.229. The van der Waals surface area contributed by atoms with Gasteiger partial charge in [0, 0.05) is 50.2 Å². The van der Waals surface area contributed by atoms with Crippen LogP contribution < -0.4 is 15.5 Å². The molecule has 5 rings (SSSR count). The van der Waals surface area contributed by atoms with Gasteiger partial charge in [-0.05, 0) is 48.5 Å². The third kappa shape index (κ3) is 5.70. The number of hydrogen-bond acceptors (Lipinski definition) is 6. The largest absolute Gasteiger partial charge is 0.354 e. The molecule has 3 aromatic carbocycles. The molecule has 2 amide bonds. The summed E-state index contributed by atoms with van der Waals surface area (Å²) in [6.07, 6.45) is 0. The van der Waals surface area contributed by atoms with Crippen LogP contribution in [0.4, 0.5) is 17.1 Å². The standard InChI is InChI=1S/C31H32N6O2/c1-3-36-15-17-37(18-16-36)21-28(38)35(2)25-12-10-24(11-13-25)33-30(23-7-5-4-6-8-23)29-26-14-9-22(20-32)19-27(26)34-31(29)39/h4-14,19,33H,3,15-18,21H2,1-2H3,(H,34,39). The quantitative estimate of drug-likeness (QED) is 0.456. The first kappa shape index (κ1) is 26.2. The molecule has 2 heterocycles. The fourth-order valence-electron chi connectivity index (χ4n) is 4.99. The first-order valence-corrected chi connectivity index (χ1v) is 13.2. The van der Waals surface area contributed by atoms with Gasteiger partial charge in [0.15, 0.2) is 0 Å². The van der Waals surface area contributed by atoms with Gasteiger partial charge in [-0.1, -0.05) is 43.3 Å². The van der Waals surface area contributed by atoms with Gasteiger partial charge < -0.3 is 20.4 Å². The van der Waals surface area contributed by atoms with E-state index >= 15 is 0 Å². The normalized spacial score (nSPS) is 16.7. The molecule has 0 radical (unpaired) electrons. The number of carbonyl (C=O) groups excluding carboxylic acids is 2. The Morgan fingerprint density at radius 3 is 2.36 bits per heavy atom. The summed E-state index contributed by atoms with van der Waals surface area (Å²) in [7, 11) is 1.81. The molecule has 0 atom stereocenters. The number of nitriles is 1. The number of fused-ring (bicyclic) bond motifs is 1. The Labute approximate surface area is 229 Å². The molecule has 2 aliphatic rings. The van der Waals surface area contributed by atoms with E-state index in [1.54, 1.807) is 30.1 Å². The van der Waals surface area contributed by atoms with Gasteiger partial charge in [-0.3, -0.25) is 14.5 Å². The average molecular weight is 521 g/mol. The zero-order valence-electron chi connectivity index (χ0n) is 22.3. The zero-order valence-corrected chi connectivity index (χ0v) is 22.3. The highest BCUT2D eigenvalue weighted by Crippen LogP contribution is 2.38. The second-order valence-electron chi connectivity index (χ2n) is 9.78. The van der Waals surface area contributed by atoms with E-state index in [2.05, 4.69) is 33.4 Å². The van der Waals surface area contributed by atoms with E-state index in [4.69, 9.17) is 0 Å². The lowest BCUT2D eigenvalue weighted by atomic mass is 9.99. The van der Waals surface area contributed by atoms with Gasteiger partial charge in [0.25, 0.3) is 5.91 Å². The number of benzene rings is 3. The Morgan fingerprint density at radius 2 is 1.69 bits per heavy atom. The molecule has 3 aromatic rings. The van der Waals surface area contributed by atoms with E-state index in [0.29, 0.717) is 29.1 Å². The van der Waals surface area contributed by atoms with Crippen LogP contribution in [0.15, 0.2) is 72.8 Å². The van der Waals surface area contributed by atoms with Crippen LogP contribution in [0.5, 0.6) is 0 Å². The average Bonchev–Trinajstić information content (AvgIpc) is 3.31. The number of amides is 2. The van der Waals surface area contributed by atoms with Crippen molar-refractivity contribution in [2.24, 2.45) is 0 Å². The summed E-state index contributed by atoms with van der Waals surface area (Å²) < 4.78 is 0. The molecule has 1 fully saturated rings. The highest BCUT2D eigenvalue weighted by atomic mass is 16.2. The van der Waals surface area contributed by atoms with E-state index in [1.807, 2.05) is 54.6 Å². The fourth-order valence-corrected chi connectivity index (χ4v) is 4.99. The van der Waals surface area contributed by atoms with Crippen molar-refractivity contribution in [1.29, 1.82) is 5.26 Å². The topological polar surface area (TPSA) is 91.7 Å². The first-order valence-electron chi connectivity index (χ1n) is 13.2. The van der Waals surface area contributed by atoms with E-state index in [-0.39, 0.29) is 11.8 Å². The number of likely N-dealkylation sites (N-methyl/N-ethyl adjacent to an activating group) is 2. The summed E-state index contributed by atoms with van der Waals surface area (Å²) in [5.41, 5.74) is 5.49. The van der Waals surface area contributed by atoms with Crippen LogP contribution in [-0.4, -0.2) is 67.9 Å². The van der Waals surface area contributed by atoms with Gasteiger partial charge in [0.2, 0.25) is 5.91 Å². The molecule has 2 N–H and O–H groups in total. The van der Waals surface area contributed by atoms with Crippen molar-refractivity contribution < 1.29 is 9.59 Å². The van der Waals surface area contributed by atoms with Crippen LogP contribution in [0.3, 0.4) is 0 Å². The number of nitrogens with one attached hydrogen (secondary N) is 2. The summed E-state index contributed by atoms with van der Waals surface area (Å²) in [4.78, 5) is 32.4. The van der Waals surface area contributed by atoms with Crippen molar-refractivity contribution in [3.8, 4) is 6.07 Å². The summed E-state index contributed by atoms with van der Waals surface area (Å²) in [5, 5.41) is 15.6. The zero-order chi connectivity index (χ0) is 27.4. The van der Waals surface area contributed by atoms with Crippen molar-refractivity contribution >= 4 is 40.1 Å². The van der Waals surface area contributed by atoms with E-state index in [0.717, 1.165) is 55.2 Å². The highest BCUT2D eigenvalue weighted by Gasteiger charge is 2.29. The molecule has 0 aromatic heterocycles. The second-order valence-corrected chi connectivity index (χ2v) is 9.78. The maximum atomic E-state index is 13.1. The van der Waals surface area contributed by atoms with Crippen LogP contribution >= 0.6 is 0 Å². The molecule has 2 aliphatic heterocycles. The Hall–Kier alpha value is -4.45. The van der Waals surface area contributed by atoms with Crippen LogP contribution in [0.25, 0.3) is 11.3 Å². The molecule has 0 bridgehead atoms. The SMILES string of the molecule is CCN1CCN(CC(=O)N(C)c2ccc(NC(=C3C(=O)Nc4cc(C#N)ccc43)c3ccccc3)cc2)CC1. The van der Waals surface area contributed by atoms with E-state index in [1.165, 1.54) is 0 Å². The van der Waals surface area contributed by atoms with Crippen molar-refractivity contribution in [2.75, 3.05) is 61.8 Å². The van der Waals surface area contributed by atoms with Crippen LogP contribution in [0.2, 0.25) is 0 Å². The summed E-state index contributed by atoms with van der Waals surface area (Å²) >= 11 is 0. The van der Waals surface area contributed by atoms with Crippen molar-refractivity contribution in [3.05, 3.63) is 89.5 Å². The molecule has 8 heteroatoms. The molecule has 0 unspecified atom stereocenters. The predicted molar refractivity (Wildman–Crippen MR) is 155 cm³/mol. The van der Waals surface area contributed by atoms with Crippen molar-refractivity contribution in [2.45, 2.75) is 6.92 Å². The number of piperazine rings is 1. The molecule has 0 saturated carbocycles. The van der Waals surface area contributed by atoms with Crippen LogP contribution in [-0.2, 0) is 9.59 Å². The molecule has 39 heavy (non-hydrogen) atoms. The van der Waals surface area contributed by atoms with Gasteiger partial charge in [-0.2, -0.15) is 5.26 Å². The number of hydrogen-bond donors (Lipinski definition) is 2. The van der Waals surface area contributed by atoms with Gasteiger partial charge in [0.05, 0.1) is 35.1 Å². The van der Waals surface area contributed by atoms with Gasteiger partial charge >= 0.3 is 0 Å². The Balaban J connectivity index is 1.36. The lowest BCUT2D eigenvalue weighted by Gasteiger charge is -2.34. The number of nitrogens with zero attached hydrogens (tertiary/aromatic N) is 4. The van der Waals surface area contributed by atoms with Gasteiger partial charge in [-0.25, -0.2) is 0 Å². The van der Waals surface area contributed by atoms with E-state index in [9.17, 15) is 14.9 Å². The maximum absolute atomic E-state index is 13.1. The Morgan fingerprint density at radius 1 is 1.00 bits per heavy atom. The smallest absolute Gasteiger partial charge is 0.258 e. The molecule has 8 nitrogen and oxygen atoms in total. The fraction of sp³-hybridized carbons (Fsp3) is 0.258. The van der Waals surface area contributed by atoms with Crippen LogP contribution in [0, 0.1) is 11.3 Å². The predicted octanol–water partition coefficient (Wildman–Crippen LogP) is 4.09. The number of anilines is 3. The Bertz CT molecular complexity index is 1430. The van der Waals surface area contributed by atoms with Gasteiger partial charge in [-0.15, -0.1) is 0 Å². The molecule has 0 aliphatic carbocycles. The number of rotatable bonds is 7. The molecular formula is C31H32N6O2. The van der Waals surface area contributed by atoms with E-state index < -0.39 is 0 Å². The summed E-state index contributed by atoms with van der Waals surface area (Å²) in [6, 6.07) is 24.6. The lowest BCUT2D eigenvalue weighted by molar-refractivity contribution is -0.119. The second kappa shape index (κ2) is 11.5. The monoisotopic (exact) mass is 520 g/mol. The molecule has 1 saturated heterocycles. The summed E-state index contributed by atoms with van der Waals surface area (Å²) in [6.45, 7) is 7.41. The van der Waals surface area contributed by atoms with Crippen molar-refractivity contribution in [3.63, 3.8) is 0 Å². The third-order valence-electron chi connectivity index (χ3n) is 7.37. The maximum Gasteiger partial charge on any atom is 0.258 e. The van der Waals surface area contributed by atoms with Crippen molar-refractivity contribution in [1.82, 2.24) is 9.80 Å². The molecule has 198 valence electrons. The minimum Gasteiger partial charge on any atom is -0.354 e. The first-order chi connectivity index (χ1) is 19.0. The minimum absolute atomic E-state index is 0.0590. The Kier molecular flexibility index (Phi) is 7.73.